The molecule has 170 valence electrons. The third-order valence-corrected chi connectivity index (χ3v) is 6.16. The smallest absolute Gasteiger partial charge is 0.150 e. The number of benzene rings is 3. The molecule has 1 atom stereocenters. The highest BCUT2D eigenvalue weighted by Gasteiger charge is 2.30. The van der Waals surface area contributed by atoms with Crippen LogP contribution in [0.4, 0.5) is 0 Å². The summed E-state index contributed by atoms with van der Waals surface area (Å²) in [5.41, 5.74) is 2.40. The minimum Gasteiger partial charge on any atom is -0.508 e. The summed E-state index contributed by atoms with van der Waals surface area (Å²) < 4.78 is 71.1. The quantitative estimate of drug-likeness (QED) is 0.481. The summed E-state index contributed by atoms with van der Waals surface area (Å²) in [7, 11) is 0. The fourth-order valence-corrected chi connectivity index (χ4v) is 4.44. The zero-order valence-corrected chi connectivity index (χ0v) is 18.1. The molecule has 0 amide bonds. The predicted octanol–water partition coefficient (Wildman–Crippen LogP) is 6.05. The Hall–Kier alpha value is -3.24. The Morgan fingerprint density at radius 3 is 2.48 bits per heavy atom. The maximum atomic E-state index is 10.1. The van der Waals surface area contributed by atoms with E-state index in [1.54, 1.807) is 36.4 Å². The molecule has 1 unspecified atom stereocenters. The topological polar surface area (TPSA) is 52.9 Å². The monoisotopic (exact) mass is 449 g/mol. The fraction of sp³-hybridized carbons (Fsp3) is 0.310. The van der Waals surface area contributed by atoms with Crippen LogP contribution in [0.15, 0.2) is 66.7 Å². The Kier molecular flexibility index (Phi) is 3.83. The second kappa shape index (κ2) is 8.95. The summed E-state index contributed by atoms with van der Waals surface area (Å²) >= 11 is 0. The first-order chi connectivity index (χ1) is 19.1. The highest BCUT2D eigenvalue weighted by Crippen LogP contribution is 2.47. The van der Waals surface area contributed by atoms with Gasteiger partial charge in [-0.1, -0.05) is 43.3 Å². The second-order valence-corrected chi connectivity index (χ2v) is 8.49. The van der Waals surface area contributed by atoms with Gasteiger partial charge in [-0.15, -0.1) is 0 Å². The number of hydrogen-bond acceptors (Lipinski definition) is 4. The summed E-state index contributed by atoms with van der Waals surface area (Å²) in [5.74, 6) is -0.115. The lowest BCUT2D eigenvalue weighted by atomic mass is 9.85. The Balaban J connectivity index is 1.49. The van der Waals surface area contributed by atoms with Crippen molar-refractivity contribution >= 4 is 11.1 Å². The van der Waals surface area contributed by atoms with E-state index in [-0.39, 0.29) is 35.2 Å². The predicted molar refractivity (Wildman–Crippen MR) is 132 cm³/mol. The van der Waals surface area contributed by atoms with Gasteiger partial charge in [0, 0.05) is 41.3 Å². The number of phenolic OH excluding ortho intramolecular Hbond substituents is 2. The molecule has 5 rings (SSSR count). The van der Waals surface area contributed by atoms with Crippen molar-refractivity contribution in [3.8, 4) is 17.2 Å². The zero-order valence-electron chi connectivity index (χ0n) is 26.1. The molecule has 4 heteroatoms. The minimum atomic E-state index is -2.53. The number of hydrogen-bond donors (Lipinski definition) is 2. The summed E-state index contributed by atoms with van der Waals surface area (Å²) in [6, 6.07) is 17.3. The molecule has 2 aliphatic rings. The molecule has 0 saturated carbocycles. The van der Waals surface area contributed by atoms with Gasteiger partial charge in [0.2, 0.25) is 0 Å². The molecule has 2 aliphatic heterocycles. The van der Waals surface area contributed by atoms with E-state index in [4.69, 9.17) is 15.7 Å². The van der Waals surface area contributed by atoms with Crippen LogP contribution in [0.2, 0.25) is 0 Å². The Bertz CT molecular complexity index is 1440. The highest BCUT2D eigenvalue weighted by atomic mass is 16.5. The van der Waals surface area contributed by atoms with Gasteiger partial charge in [-0.25, -0.2) is 0 Å². The normalized spacial score (nSPS) is 23.3. The third kappa shape index (κ3) is 4.36. The molecule has 1 saturated heterocycles. The van der Waals surface area contributed by atoms with Gasteiger partial charge < -0.3 is 19.8 Å². The zero-order chi connectivity index (χ0) is 29.7. The van der Waals surface area contributed by atoms with E-state index in [2.05, 4.69) is 0 Å². The van der Waals surface area contributed by atoms with Crippen LogP contribution in [-0.2, 0) is 6.37 Å². The minimum absolute atomic E-state index is 0.0305. The van der Waals surface area contributed by atoms with Crippen molar-refractivity contribution in [1.29, 1.82) is 0 Å². The van der Waals surface area contributed by atoms with Crippen LogP contribution >= 0.6 is 0 Å². The lowest BCUT2D eigenvalue weighted by Gasteiger charge is -2.39. The number of likely N-dealkylation sites (tertiary alicyclic amines) is 1. The van der Waals surface area contributed by atoms with Crippen molar-refractivity contribution in [2.45, 2.75) is 32.6 Å². The standard InChI is InChI=1S/C29H31NO3/c1-3-14-30-17-21(18-30)15-20-4-6-23(7-5-20)29-28(22-8-10-24(31)11-9-22)19(2)26-13-12-25(32)16-27(26)33-29/h4-13,16,21,29,31-32H,3,14-15,17-18H2,1-2H3/i1D3,2D3,15D2. The van der Waals surface area contributed by atoms with E-state index in [9.17, 15) is 10.2 Å². The lowest BCUT2D eigenvalue weighted by Crippen LogP contribution is -2.47. The largest absolute Gasteiger partial charge is 0.508 e. The molecule has 1 fully saturated rings. The van der Waals surface area contributed by atoms with Crippen molar-refractivity contribution < 1.29 is 25.9 Å². The van der Waals surface area contributed by atoms with Gasteiger partial charge in [0.1, 0.15) is 23.4 Å². The number of aromatic hydroxyl groups is 2. The van der Waals surface area contributed by atoms with E-state index in [1.165, 1.54) is 30.3 Å². The highest BCUT2D eigenvalue weighted by molar-refractivity contribution is 5.95. The molecule has 3 aromatic carbocycles. The van der Waals surface area contributed by atoms with Crippen LogP contribution in [0, 0.1) is 5.92 Å². The van der Waals surface area contributed by atoms with Crippen LogP contribution in [0.1, 0.15) is 59.4 Å². The second-order valence-electron chi connectivity index (χ2n) is 8.49. The van der Waals surface area contributed by atoms with E-state index >= 15 is 0 Å². The number of nitrogens with zero attached hydrogens (tertiary/aromatic N) is 1. The molecular formula is C29H31NO3. The van der Waals surface area contributed by atoms with Gasteiger partial charge >= 0.3 is 0 Å². The average molecular weight is 450 g/mol. The van der Waals surface area contributed by atoms with Crippen molar-refractivity contribution in [1.82, 2.24) is 4.90 Å². The Labute approximate surface area is 207 Å². The van der Waals surface area contributed by atoms with E-state index in [1.807, 2.05) is 4.90 Å². The van der Waals surface area contributed by atoms with Crippen molar-refractivity contribution in [2.24, 2.45) is 5.92 Å². The average Bonchev–Trinajstić information content (AvgIpc) is 2.86. The molecule has 0 radical (unpaired) electrons. The molecule has 0 aliphatic carbocycles. The SMILES string of the molecule is [2H]C([2H])([2H])CCN1CC(C([2H])([2H])c2ccc(C3Oc4cc(O)ccc4C(C([2H])([2H])[2H])=C3c3ccc(O)cc3)cc2)C1. The fourth-order valence-electron chi connectivity index (χ4n) is 4.44. The molecule has 2 N–H and O–H groups in total. The number of allylic oxidation sites excluding steroid dienone is 1. The summed E-state index contributed by atoms with van der Waals surface area (Å²) in [4.78, 5) is 1.94. The first-order valence-corrected chi connectivity index (χ1v) is 11.0. The van der Waals surface area contributed by atoms with Gasteiger partial charge in [0.15, 0.2) is 0 Å². The number of rotatable bonds is 6. The first kappa shape index (κ1) is 14.1. The van der Waals surface area contributed by atoms with E-state index in [0.717, 1.165) is 0 Å². The van der Waals surface area contributed by atoms with Crippen LogP contribution in [-0.4, -0.2) is 34.7 Å². The molecular weight excluding hydrogens is 410 g/mol. The van der Waals surface area contributed by atoms with Crippen LogP contribution in [0.25, 0.3) is 11.1 Å². The third-order valence-electron chi connectivity index (χ3n) is 6.16. The Morgan fingerprint density at radius 2 is 1.76 bits per heavy atom. The number of fused-ring (bicyclic) bond motifs is 1. The summed E-state index contributed by atoms with van der Waals surface area (Å²) in [5, 5.41) is 20.0. The van der Waals surface area contributed by atoms with E-state index in [0.29, 0.717) is 47.5 Å². The van der Waals surface area contributed by atoms with Gasteiger partial charge in [-0.3, -0.25) is 0 Å². The van der Waals surface area contributed by atoms with E-state index < -0.39 is 26.2 Å². The molecule has 4 nitrogen and oxygen atoms in total. The number of ether oxygens (including phenoxy) is 1. The first-order valence-electron chi connectivity index (χ1n) is 15.0. The van der Waals surface area contributed by atoms with Crippen molar-refractivity contribution in [3.63, 3.8) is 0 Å². The lowest BCUT2D eigenvalue weighted by molar-refractivity contribution is 0.101. The van der Waals surface area contributed by atoms with Gasteiger partial charge in [0.25, 0.3) is 0 Å². The van der Waals surface area contributed by atoms with Crippen LogP contribution in [0.5, 0.6) is 17.2 Å². The Morgan fingerprint density at radius 1 is 1.00 bits per heavy atom. The molecule has 0 aromatic heterocycles. The van der Waals surface area contributed by atoms with Crippen LogP contribution < -0.4 is 4.74 Å². The maximum absolute atomic E-state index is 10.1. The molecule has 0 bridgehead atoms. The molecule has 2 heterocycles. The van der Waals surface area contributed by atoms with Gasteiger partial charge in [-0.05, 0) is 78.6 Å². The molecule has 3 aromatic rings. The summed E-state index contributed by atoms with van der Waals surface area (Å²) in [6.07, 6.45) is -2.47. The molecule has 0 spiro atoms. The van der Waals surface area contributed by atoms with Crippen molar-refractivity contribution in [3.05, 3.63) is 89.0 Å². The number of phenols is 2. The van der Waals surface area contributed by atoms with Gasteiger partial charge in [-0.2, -0.15) is 0 Å². The maximum Gasteiger partial charge on any atom is 0.150 e. The summed E-state index contributed by atoms with van der Waals surface area (Å²) in [6.45, 7) is -3.21. The van der Waals surface area contributed by atoms with Crippen LogP contribution in [0.3, 0.4) is 0 Å². The van der Waals surface area contributed by atoms with Gasteiger partial charge in [0.05, 0.1) is 0 Å². The molecule has 33 heavy (non-hydrogen) atoms. The van der Waals surface area contributed by atoms with Crippen molar-refractivity contribution in [2.75, 3.05) is 19.6 Å².